The highest BCUT2D eigenvalue weighted by molar-refractivity contribution is 6.36. The molecule has 2 aliphatic heterocycles. The molecule has 3 rings (SSSR count). The number of hydrogen-bond acceptors (Lipinski definition) is 2. The summed E-state index contributed by atoms with van der Waals surface area (Å²) >= 11 is 11.9. The maximum absolute atomic E-state index is 12.2. The molecule has 2 fully saturated rings. The Kier molecular flexibility index (Phi) is 5.27. The number of piperidine rings is 2. The van der Waals surface area contributed by atoms with Gasteiger partial charge in [0.15, 0.2) is 0 Å². The Bertz CT molecular complexity index is 547. The van der Waals surface area contributed by atoms with E-state index in [0.29, 0.717) is 34.2 Å². The standard InChI is InChI=1S/C17H21Cl2NO2/c18-13-6-7-14(15(19)10-13)17(21)22-11-12-4-3-9-20-8-2-1-5-16(12)20/h6-7,10,12,16H,1-5,8-9,11H2/p+1/t12-,16+/m0/s1. The molecular weight excluding hydrogens is 321 g/mol. The monoisotopic (exact) mass is 342 g/mol. The van der Waals surface area contributed by atoms with Gasteiger partial charge in [0.2, 0.25) is 0 Å². The average Bonchev–Trinajstić information content (AvgIpc) is 2.52. The van der Waals surface area contributed by atoms with Crippen LogP contribution in [0.5, 0.6) is 0 Å². The van der Waals surface area contributed by atoms with Gasteiger partial charge in [-0.15, -0.1) is 0 Å². The van der Waals surface area contributed by atoms with Crippen LogP contribution in [0.1, 0.15) is 42.5 Å². The molecule has 0 aromatic heterocycles. The van der Waals surface area contributed by atoms with Crippen LogP contribution in [0.15, 0.2) is 18.2 Å². The highest BCUT2D eigenvalue weighted by Gasteiger charge is 2.37. The van der Waals surface area contributed by atoms with E-state index in [9.17, 15) is 4.79 Å². The lowest BCUT2D eigenvalue weighted by atomic mass is 9.84. The van der Waals surface area contributed by atoms with Gasteiger partial charge in [0, 0.05) is 10.9 Å². The number of quaternary nitrogens is 1. The van der Waals surface area contributed by atoms with Gasteiger partial charge in [-0.3, -0.25) is 0 Å². The molecule has 0 bridgehead atoms. The Labute approximate surface area is 141 Å². The second-order valence-electron chi connectivity index (χ2n) is 6.39. The van der Waals surface area contributed by atoms with Crippen LogP contribution in [0.25, 0.3) is 0 Å². The number of carbonyl (C=O) groups is 1. The Hall–Kier alpha value is -0.770. The van der Waals surface area contributed by atoms with Crippen LogP contribution in [0.2, 0.25) is 10.0 Å². The highest BCUT2D eigenvalue weighted by Crippen LogP contribution is 2.24. The molecule has 22 heavy (non-hydrogen) atoms. The van der Waals surface area contributed by atoms with Crippen LogP contribution in [-0.2, 0) is 4.74 Å². The summed E-state index contributed by atoms with van der Waals surface area (Å²) in [6.07, 6.45) is 6.30. The molecule has 2 saturated heterocycles. The lowest BCUT2D eigenvalue weighted by Gasteiger charge is -2.41. The summed E-state index contributed by atoms with van der Waals surface area (Å²) in [7, 11) is 0. The van der Waals surface area contributed by atoms with Crippen molar-refractivity contribution in [2.75, 3.05) is 19.7 Å². The van der Waals surface area contributed by atoms with E-state index < -0.39 is 0 Å². The molecule has 0 saturated carbocycles. The number of halogens is 2. The maximum Gasteiger partial charge on any atom is 0.339 e. The predicted molar refractivity (Wildman–Crippen MR) is 87.8 cm³/mol. The first-order valence-corrected chi connectivity index (χ1v) is 8.87. The van der Waals surface area contributed by atoms with Gasteiger partial charge in [0.05, 0.1) is 29.7 Å². The SMILES string of the molecule is O=C(OC[C@@H]1CCC[NH+]2CCCC[C@H]12)c1ccc(Cl)cc1Cl. The number of rotatable bonds is 3. The summed E-state index contributed by atoms with van der Waals surface area (Å²) in [5.74, 6) is 0.142. The third-order valence-corrected chi connectivity index (χ3v) is 5.56. The Balaban J connectivity index is 1.60. The van der Waals surface area contributed by atoms with E-state index >= 15 is 0 Å². The average molecular weight is 343 g/mol. The molecule has 3 nitrogen and oxygen atoms in total. The van der Waals surface area contributed by atoms with Crippen LogP contribution in [-0.4, -0.2) is 31.7 Å². The molecule has 1 unspecified atom stereocenters. The van der Waals surface area contributed by atoms with Crippen molar-refractivity contribution in [3.63, 3.8) is 0 Å². The third kappa shape index (κ3) is 3.58. The minimum Gasteiger partial charge on any atom is -0.462 e. The molecule has 2 aliphatic rings. The summed E-state index contributed by atoms with van der Waals surface area (Å²) in [6, 6.07) is 5.53. The van der Waals surface area contributed by atoms with Gasteiger partial charge in [-0.1, -0.05) is 23.2 Å². The second-order valence-corrected chi connectivity index (χ2v) is 7.23. The molecule has 1 aromatic carbocycles. The highest BCUT2D eigenvalue weighted by atomic mass is 35.5. The predicted octanol–water partition coefficient (Wildman–Crippen LogP) is 3.00. The van der Waals surface area contributed by atoms with Gasteiger partial charge < -0.3 is 9.64 Å². The minimum atomic E-state index is -0.343. The van der Waals surface area contributed by atoms with Gasteiger partial charge >= 0.3 is 5.97 Å². The van der Waals surface area contributed by atoms with Crippen LogP contribution in [0.3, 0.4) is 0 Å². The number of fused-ring (bicyclic) bond motifs is 1. The van der Waals surface area contributed by atoms with Crippen molar-refractivity contribution < 1.29 is 14.4 Å². The lowest BCUT2D eigenvalue weighted by molar-refractivity contribution is -0.940. The van der Waals surface area contributed by atoms with Crippen molar-refractivity contribution in [3.8, 4) is 0 Å². The zero-order chi connectivity index (χ0) is 15.5. The van der Waals surface area contributed by atoms with Crippen LogP contribution in [0.4, 0.5) is 0 Å². The summed E-state index contributed by atoms with van der Waals surface area (Å²) < 4.78 is 5.56. The fourth-order valence-corrected chi connectivity index (χ4v) is 4.38. The smallest absolute Gasteiger partial charge is 0.339 e. The minimum absolute atomic E-state index is 0.343. The fourth-order valence-electron chi connectivity index (χ4n) is 3.89. The van der Waals surface area contributed by atoms with Gasteiger partial charge in [0.1, 0.15) is 6.61 Å². The number of ether oxygens (including phenoxy) is 1. The number of esters is 1. The van der Waals surface area contributed by atoms with Gasteiger partial charge in [-0.25, -0.2) is 4.79 Å². The molecule has 0 aliphatic carbocycles. The Morgan fingerprint density at radius 2 is 2.00 bits per heavy atom. The van der Waals surface area contributed by atoms with Crippen molar-refractivity contribution in [2.45, 2.75) is 38.1 Å². The van der Waals surface area contributed by atoms with Gasteiger partial charge in [-0.05, 0) is 50.3 Å². The molecule has 0 radical (unpaired) electrons. The van der Waals surface area contributed by atoms with E-state index in [2.05, 4.69) is 0 Å². The number of carbonyl (C=O) groups excluding carboxylic acids is 1. The van der Waals surface area contributed by atoms with E-state index in [4.69, 9.17) is 27.9 Å². The van der Waals surface area contributed by atoms with Crippen molar-refractivity contribution >= 4 is 29.2 Å². The molecule has 0 amide bonds. The Morgan fingerprint density at radius 3 is 2.82 bits per heavy atom. The zero-order valence-corrected chi connectivity index (χ0v) is 14.1. The fraction of sp³-hybridized carbons (Fsp3) is 0.588. The maximum atomic E-state index is 12.2. The van der Waals surface area contributed by atoms with Crippen LogP contribution >= 0.6 is 23.2 Å². The molecule has 2 heterocycles. The second kappa shape index (κ2) is 7.20. The van der Waals surface area contributed by atoms with E-state index in [0.717, 1.165) is 6.42 Å². The van der Waals surface area contributed by atoms with Gasteiger partial charge in [-0.2, -0.15) is 0 Å². The van der Waals surface area contributed by atoms with Gasteiger partial charge in [0.25, 0.3) is 0 Å². The number of hydrogen-bond donors (Lipinski definition) is 1. The normalized spacial score (nSPS) is 28.0. The molecule has 1 aromatic rings. The van der Waals surface area contributed by atoms with Crippen molar-refractivity contribution in [2.24, 2.45) is 5.92 Å². The van der Waals surface area contributed by atoms with Crippen molar-refractivity contribution in [1.82, 2.24) is 0 Å². The van der Waals surface area contributed by atoms with Crippen molar-refractivity contribution in [3.05, 3.63) is 33.8 Å². The van der Waals surface area contributed by atoms with E-state index in [1.54, 1.807) is 23.1 Å². The lowest BCUT2D eigenvalue weighted by Crippen LogP contribution is -3.18. The van der Waals surface area contributed by atoms with Crippen LogP contribution < -0.4 is 4.90 Å². The molecular formula is C17H22Cl2NO2+. The molecule has 5 heteroatoms. The topological polar surface area (TPSA) is 30.7 Å². The zero-order valence-electron chi connectivity index (χ0n) is 12.6. The summed E-state index contributed by atoms with van der Waals surface area (Å²) in [5, 5.41) is 0.876. The molecule has 120 valence electrons. The third-order valence-electron chi connectivity index (χ3n) is 5.01. The summed E-state index contributed by atoms with van der Waals surface area (Å²) in [5.41, 5.74) is 0.398. The quantitative estimate of drug-likeness (QED) is 0.856. The molecule has 3 atom stereocenters. The largest absolute Gasteiger partial charge is 0.462 e. The number of benzene rings is 1. The summed E-state index contributed by atoms with van der Waals surface area (Å²) in [4.78, 5) is 13.9. The number of nitrogens with one attached hydrogen (secondary N) is 1. The van der Waals surface area contributed by atoms with Crippen LogP contribution in [0, 0.1) is 5.92 Å². The molecule has 0 spiro atoms. The molecule has 1 N–H and O–H groups in total. The summed E-state index contributed by atoms with van der Waals surface area (Å²) in [6.45, 7) is 3.06. The van der Waals surface area contributed by atoms with E-state index in [1.165, 1.54) is 38.8 Å². The van der Waals surface area contributed by atoms with Crippen molar-refractivity contribution in [1.29, 1.82) is 0 Å². The first-order valence-electron chi connectivity index (χ1n) is 8.12. The first-order chi connectivity index (χ1) is 10.6. The first kappa shape index (κ1) is 16.1. The Morgan fingerprint density at radius 1 is 1.18 bits per heavy atom. The van der Waals surface area contributed by atoms with E-state index in [1.807, 2.05) is 0 Å². The van der Waals surface area contributed by atoms with E-state index in [-0.39, 0.29) is 5.97 Å².